The van der Waals surface area contributed by atoms with Gasteiger partial charge < -0.3 is 10.4 Å². The zero-order chi connectivity index (χ0) is 13.0. The van der Waals surface area contributed by atoms with Gasteiger partial charge in [0.2, 0.25) is 5.82 Å². The maximum Gasteiger partial charge on any atom is 0.290 e. The van der Waals surface area contributed by atoms with Crippen LogP contribution >= 0.6 is 0 Å². The van der Waals surface area contributed by atoms with E-state index in [9.17, 15) is 9.90 Å². The van der Waals surface area contributed by atoms with Crippen LogP contribution in [0.1, 0.15) is 49.1 Å². The molecule has 1 saturated carbocycles. The Kier molecular flexibility index (Phi) is 4.30. The van der Waals surface area contributed by atoms with Crippen LogP contribution in [0.2, 0.25) is 0 Å². The number of amides is 1. The number of aromatic nitrogens is 3. The topological polar surface area (TPSA) is 90.9 Å². The molecule has 0 radical (unpaired) electrons. The number of carbonyl (C=O) groups excluding carboxylic acids is 1. The molecule has 0 bridgehead atoms. The fourth-order valence-electron chi connectivity index (χ4n) is 2.30. The van der Waals surface area contributed by atoms with Gasteiger partial charge in [-0.15, -0.1) is 5.10 Å². The lowest BCUT2D eigenvalue weighted by atomic mass is 10.1. The van der Waals surface area contributed by atoms with E-state index >= 15 is 0 Å². The Morgan fingerprint density at radius 3 is 3.06 bits per heavy atom. The second-order valence-corrected chi connectivity index (χ2v) is 4.90. The van der Waals surface area contributed by atoms with E-state index < -0.39 is 0 Å². The van der Waals surface area contributed by atoms with Crippen molar-refractivity contribution in [3.8, 4) is 0 Å². The summed E-state index contributed by atoms with van der Waals surface area (Å²) in [6, 6.07) is 0. The van der Waals surface area contributed by atoms with Crippen molar-refractivity contribution in [3.63, 3.8) is 0 Å². The van der Waals surface area contributed by atoms with E-state index in [-0.39, 0.29) is 17.8 Å². The summed E-state index contributed by atoms with van der Waals surface area (Å²) < 4.78 is 0. The Bertz CT molecular complexity index is 405. The van der Waals surface area contributed by atoms with E-state index in [0.717, 1.165) is 37.9 Å². The summed E-state index contributed by atoms with van der Waals surface area (Å²) in [5.41, 5.74) is 0. The van der Waals surface area contributed by atoms with E-state index in [4.69, 9.17) is 0 Å². The lowest BCUT2D eigenvalue weighted by molar-refractivity contribution is 0.0935. The quantitative estimate of drug-likeness (QED) is 0.717. The number of rotatable bonds is 5. The van der Waals surface area contributed by atoms with Crippen molar-refractivity contribution in [2.75, 3.05) is 6.54 Å². The molecule has 3 N–H and O–H groups in total. The number of aliphatic hydroxyl groups is 1. The second-order valence-electron chi connectivity index (χ2n) is 4.90. The first-order valence-electron chi connectivity index (χ1n) is 6.56. The number of nitrogens with zero attached hydrogens (tertiary/aromatic N) is 2. The van der Waals surface area contributed by atoms with Crippen molar-refractivity contribution >= 4 is 5.91 Å². The van der Waals surface area contributed by atoms with Crippen molar-refractivity contribution in [1.82, 2.24) is 20.5 Å². The molecule has 0 spiro atoms. The van der Waals surface area contributed by atoms with Gasteiger partial charge in [0.15, 0.2) is 0 Å². The number of aliphatic hydroxyl groups excluding tert-OH is 1. The monoisotopic (exact) mass is 252 g/mol. The zero-order valence-corrected chi connectivity index (χ0v) is 10.6. The van der Waals surface area contributed by atoms with E-state index in [1.165, 1.54) is 0 Å². The highest BCUT2D eigenvalue weighted by Gasteiger charge is 2.23. The zero-order valence-electron chi connectivity index (χ0n) is 10.6. The summed E-state index contributed by atoms with van der Waals surface area (Å²) in [4.78, 5) is 15.9. The Hall–Kier alpha value is -1.43. The molecule has 0 aliphatic heterocycles. The van der Waals surface area contributed by atoms with Gasteiger partial charge in [-0.3, -0.25) is 9.89 Å². The normalized spacial score (nSPS) is 23.2. The van der Waals surface area contributed by atoms with Crippen LogP contribution < -0.4 is 5.32 Å². The number of aromatic amines is 1. The highest BCUT2D eigenvalue weighted by Crippen LogP contribution is 2.24. The Morgan fingerprint density at radius 1 is 1.56 bits per heavy atom. The fraction of sp³-hybridized carbons (Fsp3) is 0.750. The Morgan fingerprint density at radius 2 is 2.39 bits per heavy atom. The maximum atomic E-state index is 11.8. The molecular weight excluding hydrogens is 232 g/mol. The largest absolute Gasteiger partial charge is 0.393 e. The highest BCUT2D eigenvalue weighted by molar-refractivity contribution is 5.90. The summed E-state index contributed by atoms with van der Waals surface area (Å²) in [6.07, 6.45) is 4.14. The molecule has 18 heavy (non-hydrogen) atoms. The molecule has 1 aromatic rings. The first-order chi connectivity index (χ1) is 8.69. The van der Waals surface area contributed by atoms with Gasteiger partial charge in [0.05, 0.1) is 6.10 Å². The van der Waals surface area contributed by atoms with Crippen LogP contribution in [0, 0.1) is 5.92 Å². The SMILES string of the molecule is CCCc1nc(C(=O)NCC2CCC(O)C2)n[nH]1. The summed E-state index contributed by atoms with van der Waals surface area (Å²) in [6.45, 7) is 2.64. The molecule has 6 nitrogen and oxygen atoms in total. The average molecular weight is 252 g/mol. The van der Waals surface area contributed by atoms with Gasteiger partial charge in [0.25, 0.3) is 5.91 Å². The van der Waals surface area contributed by atoms with Gasteiger partial charge in [0, 0.05) is 13.0 Å². The number of aryl methyl sites for hydroxylation is 1. The lowest BCUT2D eigenvalue weighted by Crippen LogP contribution is -2.29. The minimum atomic E-state index is -0.241. The van der Waals surface area contributed by atoms with Crippen molar-refractivity contribution in [2.24, 2.45) is 5.92 Å². The van der Waals surface area contributed by atoms with Crippen molar-refractivity contribution < 1.29 is 9.90 Å². The van der Waals surface area contributed by atoms with E-state index in [1.54, 1.807) is 0 Å². The van der Waals surface area contributed by atoms with Crippen molar-refractivity contribution in [3.05, 3.63) is 11.6 Å². The predicted octanol–water partition coefficient (Wildman–Crippen LogP) is 0.648. The molecule has 1 amide bonds. The lowest BCUT2D eigenvalue weighted by Gasteiger charge is -2.09. The molecule has 2 unspecified atom stereocenters. The number of hydrogen-bond acceptors (Lipinski definition) is 4. The van der Waals surface area contributed by atoms with Crippen LogP contribution in [0.4, 0.5) is 0 Å². The average Bonchev–Trinajstić information content (AvgIpc) is 2.96. The minimum Gasteiger partial charge on any atom is -0.393 e. The number of hydrogen-bond donors (Lipinski definition) is 3. The van der Waals surface area contributed by atoms with E-state index in [0.29, 0.717) is 12.5 Å². The van der Waals surface area contributed by atoms with Gasteiger partial charge >= 0.3 is 0 Å². The van der Waals surface area contributed by atoms with Gasteiger partial charge in [-0.1, -0.05) is 6.92 Å². The third kappa shape index (κ3) is 3.29. The second kappa shape index (κ2) is 5.95. The molecule has 6 heteroatoms. The van der Waals surface area contributed by atoms with Crippen LogP contribution in [0.25, 0.3) is 0 Å². The van der Waals surface area contributed by atoms with E-state index in [2.05, 4.69) is 20.5 Å². The van der Waals surface area contributed by atoms with Crippen LogP contribution in [0.5, 0.6) is 0 Å². The molecule has 1 aliphatic rings. The number of nitrogens with one attached hydrogen (secondary N) is 2. The molecular formula is C12H20N4O2. The third-order valence-electron chi connectivity index (χ3n) is 3.29. The van der Waals surface area contributed by atoms with Gasteiger partial charge in [-0.2, -0.15) is 0 Å². The minimum absolute atomic E-state index is 0.202. The molecule has 1 fully saturated rings. The molecule has 1 aromatic heterocycles. The van der Waals surface area contributed by atoms with Crippen LogP contribution in [0.15, 0.2) is 0 Å². The summed E-state index contributed by atoms with van der Waals surface area (Å²) in [7, 11) is 0. The highest BCUT2D eigenvalue weighted by atomic mass is 16.3. The van der Waals surface area contributed by atoms with Gasteiger partial charge in [0.1, 0.15) is 5.82 Å². The summed E-state index contributed by atoms with van der Waals surface area (Å²) in [5, 5.41) is 18.9. The molecule has 0 aromatic carbocycles. The maximum absolute atomic E-state index is 11.8. The Balaban J connectivity index is 1.80. The number of H-pyrrole nitrogens is 1. The van der Waals surface area contributed by atoms with Crippen LogP contribution in [-0.2, 0) is 6.42 Å². The van der Waals surface area contributed by atoms with Crippen molar-refractivity contribution in [2.45, 2.75) is 45.1 Å². The van der Waals surface area contributed by atoms with Gasteiger partial charge in [-0.05, 0) is 31.6 Å². The third-order valence-corrected chi connectivity index (χ3v) is 3.29. The molecule has 100 valence electrons. The predicted molar refractivity (Wildman–Crippen MR) is 66.1 cm³/mol. The molecule has 1 aliphatic carbocycles. The molecule has 2 atom stereocenters. The fourth-order valence-corrected chi connectivity index (χ4v) is 2.30. The van der Waals surface area contributed by atoms with E-state index in [1.807, 2.05) is 6.92 Å². The van der Waals surface area contributed by atoms with Crippen LogP contribution in [-0.4, -0.2) is 38.8 Å². The summed E-state index contributed by atoms with van der Waals surface area (Å²) >= 11 is 0. The van der Waals surface area contributed by atoms with Gasteiger partial charge in [-0.25, -0.2) is 4.98 Å². The van der Waals surface area contributed by atoms with Crippen molar-refractivity contribution in [1.29, 1.82) is 0 Å². The number of carbonyl (C=O) groups is 1. The first kappa shape index (κ1) is 13.0. The standard InChI is InChI=1S/C12H20N4O2/c1-2-3-10-14-11(16-15-10)12(18)13-7-8-4-5-9(17)6-8/h8-9,17H,2-7H2,1H3,(H,13,18)(H,14,15,16). The molecule has 2 rings (SSSR count). The smallest absolute Gasteiger partial charge is 0.290 e. The first-order valence-corrected chi connectivity index (χ1v) is 6.56. The molecule has 1 heterocycles. The summed E-state index contributed by atoms with van der Waals surface area (Å²) in [5.74, 6) is 1.09. The Labute approximate surface area is 106 Å². The van der Waals surface area contributed by atoms with Crippen LogP contribution in [0.3, 0.4) is 0 Å². The molecule has 0 saturated heterocycles.